The van der Waals surface area contributed by atoms with E-state index in [-0.39, 0.29) is 28.5 Å². The molecule has 8 nitrogen and oxygen atoms in total. The summed E-state index contributed by atoms with van der Waals surface area (Å²) in [5, 5.41) is 11.3. The zero-order valence-electron chi connectivity index (χ0n) is 18.9. The zero-order valence-corrected chi connectivity index (χ0v) is 19.7. The second kappa shape index (κ2) is 10.4. The van der Waals surface area contributed by atoms with E-state index >= 15 is 0 Å². The lowest BCUT2D eigenvalue weighted by Gasteiger charge is -2.29. The Kier molecular flexibility index (Phi) is 7.07. The molecule has 0 spiro atoms. The minimum absolute atomic E-state index is 0.0771. The number of carbonyl (C=O) groups excluding carboxylic acids is 2. The second-order valence-electron chi connectivity index (χ2n) is 7.61. The van der Waals surface area contributed by atoms with E-state index in [9.17, 15) is 18.8 Å². The Morgan fingerprint density at radius 2 is 1.86 bits per heavy atom. The largest absolute Gasteiger partial charge is 0.493 e. The third-order valence-corrected chi connectivity index (χ3v) is 5.55. The lowest BCUT2D eigenvalue weighted by molar-refractivity contribution is -0.122. The van der Waals surface area contributed by atoms with Crippen molar-refractivity contribution in [2.24, 2.45) is 0 Å². The monoisotopic (exact) mass is 506 g/mol. The number of ether oxygens (including phenoxy) is 2. The molecule has 2 N–H and O–H groups in total. The maximum atomic E-state index is 14.3. The van der Waals surface area contributed by atoms with Gasteiger partial charge in [-0.2, -0.15) is 0 Å². The molecule has 0 aliphatic carbocycles. The number of nitrogens with zero attached hydrogens (tertiary/aromatic N) is 1. The highest BCUT2D eigenvalue weighted by atomic mass is 32.1. The molecule has 2 amide bonds. The predicted octanol–water partition coefficient (Wildman–Crippen LogP) is 3.94. The molecular formula is C26H19FN2O6S. The highest BCUT2D eigenvalue weighted by Crippen LogP contribution is 2.31. The number of halogens is 1. The maximum absolute atomic E-state index is 14.3. The maximum Gasteiger partial charge on any atom is 0.335 e. The van der Waals surface area contributed by atoms with Crippen molar-refractivity contribution >= 4 is 46.9 Å². The molecule has 10 heteroatoms. The molecule has 0 bridgehead atoms. The molecule has 3 aromatic carbocycles. The first kappa shape index (κ1) is 24.6. The molecule has 4 rings (SSSR count). The van der Waals surface area contributed by atoms with Gasteiger partial charge in [0.25, 0.3) is 11.8 Å². The number of rotatable bonds is 7. The highest BCUT2D eigenvalue weighted by Gasteiger charge is 2.35. The number of carbonyl (C=O) groups is 3. The highest BCUT2D eigenvalue weighted by molar-refractivity contribution is 7.80. The number of aromatic carboxylic acids is 1. The van der Waals surface area contributed by atoms with Crippen LogP contribution in [0.25, 0.3) is 6.08 Å². The Morgan fingerprint density at radius 1 is 1.08 bits per heavy atom. The van der Waals surface area contributed by atoms with Crippen LogP contribution in [0.1, 0.15) is 21.5 Å². The quantitative estimate of drug-likeness (QED) is 0.284. The molecule has 0 saturated carbocycles. The predicted molar refractivity (Wildman–Crippen MR) is 133 cm³/mol. The Bertz CT molecular complexity index is 1420. The minimum Gasteiger partial charge on any atom is -0.493 e. The van der Waals surface area contributed by atoms with E-state index in [0.29, 0.717) is 22.6 Å². The summed E-state index contributed by atoms with van der Waals surface area (Å²) in [6.07, 6.45) is 1.34. The summed E-state index contributed by atoms with van der Waals surface area (Å²) < 4.78 is 25.5. The van der Waals surface area contributed by atoms with Crippen LogP contribution < -0.4 is 19.7 Å². The van der Waals surface area contributed by atoms with Crippen molar-refractivity contribution in [1.29, 1.82) is 0 Å². The van der Waals surface area contributed by atoms with E-state index < -0.39 is 23.6 Å². The van der Waals surface area contributed by atoms with E-state index in [1.165, 1.54) is 43.5 Å². The van der Waals surface area contributed by atoms with Gasteiger partial charge in [0.2, 0.25) is 0 Å². The molecule has 1 saturated heterocycles. The Morgan fingerprint density at radius 3 is 2.58 bits per heavy atom. The van der Waals surface area contributed by atoms with Crippen molar-refractivity contribution in [2.75, 3.05) is 12.0 Å². The third-order valence-electron chi connectivity index (χ3n) is 5.26. The fourth-order valence-corrected chi connectivity index (χ4v) is 3.80. The van der Waals surface area contributed by atoms with Crippen molar-refractivity contribution in [3.05, 3.63) is 94.8 Å². The Balaban J connectivity index is 1.59. The number of para-hydroxylation sites is 1. The number of amides is 2. The van der Waals surface area contributed by atoms with Gasteiger partial charge in [-0.25, -0.2) is 14.1 Å². The van der Waals surface area contributed by atoms with Gasteiger partial charge in [-0.3, -0.25) is 14.9 Å². The average Bonchev–Trinajstić information content (AvgIpc) is 2.86. The Hall–Kier alpha value is -4.57. The van der Waals surface area contributed by atoms with Crippen LogP contribution in [0.2, 0.25) is 0 Å². The van der Waals surface area contributed by atoms with Crippen LogP contribution in [0.15, 0.2) is 72.3 Å². The van der Waals surface area contributed by atoms with Crippen LogP contribution in [0.3, 0.4) is 0 Å². The average molecular weight is 507 g/mol. The van der Waals surface area contributed by atoms with Gasteiger partial charge in [0.15, 0.2) is 16.6 Å². The fraction of sp³-hybridized carbons (Fsp3) is 0.0769. The lowest BCUT2D eigenvalue weighted by Crippen LogP contribution is -2.54. The number of hydrogen-bond donors (Lipinski definition) is 2. The minimum atomic E-state index is -1.04. The number of thiocarbonyl (C=S) groups is 1. The van der Waals surface area contributed by atoms with Crippen LogP contribution in [-0.4, -0.2) is 35.1 Å². The van der Waals surface area contributed by atoms with Crippen LogP contribution in [0.5, 0.6) is 11.5 Å². The molecule has 0 unspecified atom stereocenters. The molecule has 0 atom stereocenters. The number of hydrogen-bond acceptors (Lipinski definition) is 6. The Labute approximate surface area is 210 Å². The first-order valence-corrected chi connectivity index (χ1v) is 11.0. The summed E-state index contributed by atoms with van der Waals surface area (Å²) in [5.41, 5.74) is 0.924. The van der Waals surface area contributed by atoms with Gasteiger partial charge in [0, 0.05) is 0 Å². The fourth-order valence-electron chi connectivity index (χ4n) is 3.52. The van der Waals surface area contributed by atoms with Gasteiger partial charge in [0.1, 0.15) is 18.0 Å². The molecule has 0 radical (unpaired) electrons. The molecule has 1 aliphatic rings. The molecule has 1 heterocycles. The van der Waals surface area contributed by atoms with Crippen LogP contribution in [-0.2, 0) is 16.2 Å². The van der Waals surface area contributed by atoms with Gasteiger partial charge in [-0.1, -0.05) is 30.3 Å². The molecular weight excluding hydrogens is 487 g/mol. The standard InChI is InChI=1S/C26H19FN2O6S/c1-34-22-13-15(9-10-21(22)35-14-16-5-4-6-17(11-16)25(32)33)12-18-23(30)28-26(36)29(24(18)31)20-8-3-2-7-19(20)27/h2-13H,14H2,1H3,(H,32,33)(H,28,30,36)/b18-12+. The number of methoxy groups -OCH3 is 1. The summed E-state index contributed by atoms with van der Waals surface area (Å²) >= 11 is 5.10. The number of carboxylic acid groups (broad SMARTS) is 1. The van der Waals surface area contributed by atoms with Crippen molar-refractivity contribution in [3.63, 3.8) is 0 Å². The molecule has 1 aliphatic heterocycles. The summed E-state index contributed by atoms with van der Waals surface area (Å²) in [6, 6.07) is 16.7. The molecule has 3 aromatic rings. The first-order chi connectivity index (χ1) is 17.3. The molecule has 0 aromatic heterocycles. The lowest BCUT2D eigenvalue weighted by atomic mass is 10.1. The van der Waals surface area contributed by atoms with E-state index in [0.717, 1.165) is 4.90 Å². The van der Waals surface area contributed by atoms with Crippen LogP contribution >= 0.6 is 12.2 Å². The molecule has 1 fully saturated rings. The van der Waals surface area contributed by atoms with Crippen LogP contribution in [0, 0.1) is 5.82 Å². The number of carboxylic acids is 1. The van der Waals surface area contributed by atoms with Crippen molar-refractivity contribution in [3.8, 4) is 11.5 Å². The van der Waals surface area contributed by atoms with Crippen molar-refractivity contribution in [1.82, 2.24) is 5.32 Å². The van der Waals surface area contributed by atoms with Crippen LogP contribution in [0.4, 0.5) is 10.1 Å². The van der Waals surface area contributed by atoms with E-state index in [1.54, 1.807) is 36.4 Å². The van der Waals surface area contributed by atoms with Crippen molar-refractivity contribution < 1.29 is 33.4 Å². The number of nitrogens with one attached hydrogen (secondary N) is 1. The van der Waals surface area contributed by atoms with Gasteiger partial charge < -0.3 is 14.6 Å². The normalized spacial score (nSPS) is 14.6. The topological polar surface area (TPSA) is 105 Å². The van der Waals surface area contributed by atoms with E-state index in [1.807, 2.05) is 0 Å². The van der Waals surface area contributed by atoms with Gasteiger partial charge in [0.05, 0.1) is 18.4 Å². The first-order valence-electron chi connectivity index (χ1n) is 10.6. The van der Waals surface area contributed by atoms with Gasteiger partial charge in [-0.05, 0) is 65.8 Å². The van der Waals surface area contributed by atoms with Gasteiger partial charge >= 0.3 is 5.97 Å². The summed E-state index contributed by atoms with van der Waals surface area (Å²) in [6.45, 7) is 0.0911. The SMILES string of the molecule is COc1cc(/C=C2\C(=O)NC(=S)N(c3ccccc3F)C2=O)ccc1OCc1cccc(C(=O)O)c1. The smallest absolute Gasteiger partial charge is 0.335 e. The summed E-state index contributed by atoms with van der Waals surface area (Å²) in [5.74, 6) is -2.50. The van der Waals surface area contributed by atoms with E-state index in [2.05, 4.69) is 5.32 Å². The third kappa shape index (κ3) is 5.08. The number of benzene rings is 3. The zero-order chi connectivity index (χ0) is 25.8. The number of anilines is 1. The van der Waals surface area contributed by atoms with E-state index in [4.69, 9.17) is 26.8 Å². The summed E-state index contributed by atoms with van der Waals surface area (Å²) in [7, 11) is 1.43. The second-order valence-corrected chi connectivity index (χ2v) is 8.00. The molecule has 36 heavy (non-hydrogen) atoms. The van der Waals surface area contributed by atoms with Crippen molar-refractivity contribution in [2.45, 2.75) is 6.61 Å². The van der Waals surface area contributed by atoms with Gasteiger partial charge in [-0.15, -0.1) is 0 Å². The molecule has 182 valence electrons. The summed E-state index contributed by atoms with van der Waals surface area (Å²) in [4.78, 5) is 37.7.